The van der Waals surface area contributed by atoms with Gasteiger partial charge in [-0.3, -0.25) is 4.72 Å². The van der Waals surface area contributed by atoms with Crippen LogP contribution >= 0.6 is 0 Å². The average molecular weight is 478 g/mol. The van der Waals surface area contributed by atoms with E-state index in [0.717, 1.165) is 16.9 Å². The van der Waals surface area contributed by atoms with Crippen molar-refractivity contribution in [1.82, 2.24) is 0 Å². The Kier molecular flexibility index (Phi) is 6.98. The van der Waals surface area contributed by atoms with Gasteiger partial charge in [-0.25, -0.2) is 12.8 Å². The Morgan fingerprint density at radius 3 is 2.24 bits per heavy atom. The molecule has 0 saturated heterocycles. The van der Waals surface area contributed by atoms with Crippen molar-refractivity contribution in [2.24, 2.45) is 0 Å². The molecule has 3 N–H and O–H groups in total. The molecule has 8 heteroatoms. The van der Waals surface area contributed by atoms with Gasteiger partial charge in [-0.1, -0.05) is 42.5 Å². The Bertz CT molecular complexity index is 1360. The topological polar surface area (TPSA) is 79.5 Å². The van der Waals surface area contributed by atoms with E-state index < -0.39 is 10.0 Å². The van der Waals surface area contributed by atoms with Gasteiger partial charge in [0, 0.05) is 17.4 Å². The molecule has 0 aliphatic heterocycles. The highest BCUT2D eigenvalue weighted by atomic mass is 32.2. The number of hydrogen-bond acceptors (Lipinski definition) is 5. The predicted molar refractivity (Wildman–Crippen MR) is 134 cm³/mol. The van der Waals surface area contributed by atoms with Gasteiger partial charge in [-0.05, 0) is 59.7 Å². The van der Waals surface area contributed by atoms with Gasteiger partial charge in [0.15, 0.2) is 0 Å². The second kappa shape index (κ2) is 10.3. The van der Waals surface area contributed by atoms with Crippen LogP contribution in [0.3, 0.4) is 0 Å². The van der Waals surface area contributed by atoms with Crippen LogP contribution in [0.4, 0.5) is 21.5 Å². The van der Waals surface area contributed by atoms with Gasteiger partial charge in [0.25, 0.3) is 10.0 Å². The second-order valence-electron chi connectivity index (χ2n) is 7.45. The standard InChI is InChI=1S/C26H24FN3O3S/c1-33-26-17-23(29-18-28-22-7-3-2-4-8-22)14-15-25(26)30-34(31,32)24-9-5-6-20(16-24)19-10-12-21(27)13-11-19/h2-17,28-30H,18H2,1H3. The first kappa shape index (κ1) is 23.1. The maximum Gasteiger partial charge on any atom is 0.262 e. The van der Waals surface area contributed by atoms with Gasteiger partial charge < -0.3 is 15.4 Å². The van der Waals surface area contributed by atoms with Crippen molar-refractivity contribution in [2.75, 3.05) is 29.1 Å². The van der Waals surface area contributed by atoms with Crippen LogP contribution in [0.25, 0.3) is 11.1 Å². The van der Waals surface area contributed by atoms with E-state index >= 15 is 0 Å². The summed E-state index contributed by atoms with van der Waals surface area (Å²) in [4.78, 5) is 0.0886. The van der Waals surface area contributed by atoms with Crippen LogP contribution in [-0.2, 0) is 10.0 Å². The Balaban J connectivity index is 1.49. The molecule has 0 heterocycles. The van der Waals surface area contributed by atoms with Crippen LogP contribution in [0.15, 0.2) is 102 Å². The Labute approximate surface area is 198 Å². The second-order valence-corrected chi connectivity index (χ2v) is 9.13. The molecule has 0 spiro atoms. The van der Waals surface area contributed by atoms with Gasteiger partial charge in [0.2, 0.25) is 0 Å². The summed E-state index contributed by atoms with van der Waals surface area (Å²) in [5, 5.41) is 6.47. The lowest BCUT2D eigenvalue weighted by molar-refractivity contribution is 0.417. The van der Waals surface area contributed by atoms with E-state index in [9.17, 15) is 12.8 Å². The van der Waals surface area contributed by atoms with E-state index in [4.69, 9.17) is 4.74 Å². The minimum atomic E-state index is -3.89. The molecule has 4 aromatic rings. The van der Waals surface area contributed by atoms with E-state index in [-0.39, 0.29) is 10.7 Å². The first-order valence-electron chi connectivity index (χ1n) is 10.5. The number of anilines is 3. The van der Waals surface area contributed by atoms with Crippen molar-refractivity contribution in [2.45, 2.75) is 4.90 Å². The van der Waals surface area contributed by atoms with Crippen LogP contribution in [0.2, 0.25) is 0 Å². The molecule has 0 radical (unpaired) electrons. The minimum Gasteiger partial charge on any atom is -0.494 e. The molecule has 0 amide bonds. The number of para-hydroxylation sites is 1. The third-order valence-corrected chi connectivity index (χ3v) is 6.49. The summed E-state index contributed by atoms with van der Waals surface area (Å²) in [7, 11) is -2.41. The molecule has 0 aromatic heterocycles. The third-order valence-electron chi connectivity index (χ3n) is 5.13. The van der Waals surface area contributed by atoms with E-state index in [1.54, 1.807) is 48.5 Å². The molecule has 6 nitrogen and oxygen atoms in total. The highest BCUT2D eigenvalue weighted by molar-refractivity contribution is 7.92. The monoisotopic (exact) mass is 477 g/mol. The van der Waals surface area contributed by atoms with Crippen molar-refractivity contribution < 1.29 is 17.5 Å². The Hall–Kier alpha value is -4.04. The lowest BCUT2D eigenvalue weighted by Crippen LogP contribution is -2.14. The van der Waals surface area contributed by atoms with Crippen molar-refractivity contribution in [3.05, 3.63) is 103 Å². The molecule has 0 atom stereocenters. The molecule has 174 valence electrons. The fourth-order valence-corrected chi connectivity index (χ4v) is 4.49. The number of ether oxygens (including phenoxy) is 1. The van der Waals surface area contributed by atoms with Gasteiger partial charge >= 0.3 is 0 Å². The lowest BCUT2D eigenvalue weighted by Gasteiger charge is -2.15. The molecule has 0 fully saturated rings. The highest BCUT2D eigenvalue weighted by Crippen LogP contribution is 2.31. The zero-order chi connectivity index (χ0) is 24.0. The average Bonchev–Trinajstić information content (AvgIpc) is 2.86. The van der Waals surface area contributed by atoms with Gasteiger partial charge in [-0.2, -0.15) is 0 Å². The summed E-state index contributed by atoms with van der Waals surface area (Å²) in [6.07, 6.45) is 0. The molecule has 0 saturated carbocycles. The number of sulfonamides is 1. The summed E-state index contributed by atoms with van der Waals surface area (Å²) in [6, 6.07) is 27.3. The number of methoxy groups -OCH3 is 1. The number of benzene rings is 4. The number of rotatable bonds is 9. The summed E-state index contributed by atoms with van der Waals surface area (Å²) >= 11 is 0. The number of halogens is 1. The van der Waals surface area contributed by atoms with Gasteiger partial charge in [-0.15, -0.1) is 0 Å². The maximum absolute atomic E-state index is 13.2. The molecular weight excluding hydrogens is 453 g/mol. The molecule has 0 aliphatic carbocycles. The Morgan fingerprint density at radius 2 is 1.50 bits per heavy atom. The fraction of sp³-hybridized carbons (Fsp3) is 0.0769. The molecule has 34 heavy (non-hydrogen) atoms. The summed E-state index contributed by atoms with van der Waals surface area (Å²) in [6.45, 7) is 0.481. The van der Waals surface area contributed by atoms with Crippen molar-refractivity contribution >= 4 is 27.1 Å². The normalized spacial score (nSPS) is 11.0. The van der Waals surface area contributed by atoms with Crippen molar-refractivity contribution in [3.8, 4) is 16.9 Å². The van der Waals surface area contributed by atoms with E-state index in [1.165, 1.54) is 25.3 Å². The molecule has 4 aromatic carbocycles. The van der Waals surface area contributed by atoms with Crippen LogP contribution < -0.4 is 20.1 Å². The van der Waals surface area contributed by atoms with Crippen molar-refractivity contribution in [1.29, 1.82) is 0 Å². The lowest BCUT2D eigenvalue weighted by atomic mass is 10.1. The van der Waals surface area contributed by atoms with E-state index in [2.05, 4.69) is 15.4 Å². The maximum atomic E-state index is 13.2. The summed E-state index contributed by atoms with van der Waals surface area (Å²) in [5.74, 6) is 0.0260. The largest absolute Gasteiger partial charge is 0.494 e. The molecule has 0 aliphatic rings. The van der Waals surface area contributed by atoms with Crippen LogP contribution in [0.1, 0.15) is 0 Å². The number of hydrogen-bond donors (Lipinski definition) is 3. The zero-order valence-corrected chi connectivity index (χ0v) is 19.3. The fourth-order valence-electron chi connectivity index (χ4n) is 3.38. The van der Waals surface area contributed by atoms with Crippen molar-refractivity contribution in [3.63, 3.8) is 0 Å². The Morgan fingerprint density at radius 1 is 0.765 bits per heavy atom. The molecule has 0 unspecified atom stereocenters. The molecule has 4 rings (SSSR count). The summed E-state index contributed by atoms with van der Waals surface area (Å²) < 4.78 is 47.4. The van der Waals surface area contributed by atoms with Crippen LogP contribution in [0.5, 0.6) is 5.75 Å². The first-order chi connectivity index (χ1) is 16.4. The number of nitrogens with one attached hydrogen (secondary N) is 3. The predicted octanol–water partition coefficient (Wildman–Crippen LogP) is 5.78. The van der Waals surface area contributed by atoms with Gasteiger partial charge in [0.1, 0.15) is 11.6 Å². The zero-order valence-electron chi connectivity index (χ0n) is 18.5. The highest BCUT2D eigenvalue weighted by Gasteiger charge is 2.18. The summed E-state index contributed by atoms with van der Waals surface area (Å²) in [5.41, 5.74) is 3.45. The minimum absolute atomic E-state index is 0.0886. The van der Waals surface area contributed by atoms with E-state index in [1.807, 2.05) is 30.3 Å². The quantitative estimate of drug-likeness (QED) is 0.266. The SMILES string of the molecule is COc1cc(NCNc2ccccc2)ccc1NS(=O)(=O)c1cccc(-c2ccc(F)cc2)c1. The van der Waals surface area contributed by atoms with Crippen LogP contribution in [-0.4, -0.2) is 22.2 Å². The third kappa shape index (κ3) is 5.65. The van der Waals surface area contributed by atoms with Gasteiger partial charge in [0.05, 0.1) is 24.4 Å². The van der Waals surface area contributed by atoms with E-state index in [0.29, 0.717) is 23.7 Å². The molecular formula is C26H24FN3O3S. The first-order valence-corrected chi connectivity index (χ1v) is 12.0. The smallest absolute Gasteiger partial charge is 0.262 e. The molecule has 0 bridgehead atoms. The van der Waals surface area contributed by atoms with Crippen LogP contribution in [0, 0.1) is 5.82 Å².